The van der Waals surface area contributed by atoms with Crippen molar-refractivity contribution in [2.45, 2.75) is 71.4 Å². The lowest BCUT2D eigenvalue weighted by Gasteiger charge is -2.55. The Morgan fingerprint density at radius 1 is 1.10 bits per heavy atom. The van der Waals surface area contributed by atoms with Crippen LogP contribution in [-0.4, -0.2) is 28.5 Å². The number of benzene rings is 2. The molecule has 0 aromatic heterocycles. The van der Waals surface area contributed by atoms with Crippen LogP contribution >= 0.6 is 0 Å². The van der Waals surface area contributed by atoms with E-state index in [9.17, 15) is 9.90 Å². The van der Waals surface area contributed by atoms with Gasteiger partial charge < -0.3 is 10.0 Å². The molecule has 1 unspecified atom stereocenters. The fourth-order valence-corrected chi connectivity index (χ4v) is 5.42. The molecule has 1 N–H and O–H groups in total. The van der Waals surface area contributed by atoms with Gasteiger partial charge >= 0.3 is 0 Å². The van der Waals surface area contributed by atoms with Gasteiger partial charge in [-0.15, -0.1) is 0 Å². The fourth-order valence-electron chi connectivity index (χ4n) is 5.42. The van der Waals surface area contributed by atoms with Crippen molar-refractivity contribution < 1.29 is 9.90 Å². The highest BCUT2D eigenvalue weighted by Crippen LogP contribution is 2.51. The third-order valence-corrected chi connectivity index (χ3v) is 7.96. The van der Waals surface area contributed by atoms with Crippen LogP contribution in [0.4, 0.5) is 0 Å². The summed E-state index contributed by atoms with van der Waals surface area (Å²) in [6.07, 6.45) is 2.08. The molecule has 0 saturated heterocycles. The van der Waals surface area contributed by atoms with E-state index < -0.39 is 6.10 Å². The molecule has 0 heterocycles. The van der Waals surface area contributed by atoms with Gasteiger partial charge in [-0.2, -0.15) is 0 Å². The summed E-state index contributed by atoms with van der Waals surface area (Å²) in [5.74, 6) is 0.0719. The number of carbonyl (C=O) groups is 1. The largest absolute Gasteiger partial charge is 0.388 e. The summed E-state index contributed by atoms with van der Waals surface area (Å²) in [7, 11) is 0. The molecule has 154 valence electrons. The second-order valence-electron chi connectivity index (χ2n) is 9.78. The zero-order chi connectivity index (χ0) is 21.0. The second kappa shape index (κ2) is 6.98. The van der Waals surface area contributed by atoms with Gasteiger partial charge in [0.1, 0.15) is 0 Å². The van der Waals surface area contributed by atoms with Gasteiger partial charge in [0, 0.05) is 18.2 Å². The third-order valence-electron chi connectivity index (χ3n) is 7.96. The number of aliphatic hydroxyl groups is 1. The summed E-state index contributed by atoms with van der Waals surface area (Å²) in [6, 6.07) is 14.7. The van der Waals surface area contributed by atoms with Crippen molar-refractivity contribution in [1.82, 2.24) is 4.90 Å². The Morgan fingerprint density at radius 3 is 2.55 bits per heavy atom. The van der Waals surface area contributed by atoms with Crippen LogP contribution in [0.2, 0.25) is 0 Å². The highest BCUT2D eigenvalue weighted by atomic mass is 16.3. The number of hydrogen-bond donors (Lipinski definition) is 1. The van der Waals surface area contributed by atoms with Crippen molar-refractivity contribution in [1.29, 1.82) is 0 Å². The predicted molar refractivity (Wildman–Crippen MR) is 117 cm³/mol. The lowest BCUT2D eigenvalue weighted by Crippen LogP contribution is -2.58. The lowest BCUT2D eigenvalue weighted by atomic mass is 9.55. The van der Waals surface area contributed by atoms with Crippen molar-refractivity contribution in [3.05, 3.63) is 70.3 Å². The van der Waals surface area contributed by atoms with E-state index >= 15 is 0 Å². The van der Waals surface area contributed by atoms with Crippen LogP contribution < -0.4 is 0 Å². The number of hydrogen-bond acceptors (Lipinski definition) is 2. The minimum absolute atomic E-state index is 0.0473. The van der Waals surface area contributed by atoms with Crippen LogP contribution in [-0.2, 0) is 18.3 Å². The number of amides is 1. The first-order valence-electron chi connectivity index (χ1n) is 10.9. The Balaban J connectivity index is 1.73. The molecule has 1 amide bonds. The molecule has 29 heavy (non-hydrogen) atoms. The summed E-state index contributed by atoms with van der Waals surface area (Å²) < 4.78 is 0. The minimum Gasteiger partial charge on any atom is -0.388 e. The Morgan fingerprint density at radius 2 is 1.83 bits per heavy atom. The smallest absolute Gasteiger partial charge is 0.254 e. The SMILES string of the molecule is CCN(C(=O)c1ccc2c(c1)C(O)CC2)[C@@H]1Cc2ccccc2C(C)(C)C1(C)C. The zero-order valence-electron chi connectivity index (χ0n) is 18.3. The van der Waals surface area contributed by atoms with E-state index in [1.165, 1.54) is 16.7 Å². The van der Waals surface area contributed by atoms with Crippen LogP contribution in [0.1, 0.15) is 79.8 Å². The van der Waals surface area contributed by atoms with Crippen LogP contribution in [0, 0.1) is 5.41 Å². The average Bonchev–Trinajstić information content (AvgIpc) is 3.07. The van der Waals surface area contributed by atoms with Gasteiger partial charge in [-0.25, -0.2) is 0 Å². The van der Waals surface area contributed by atoms with Crippen molar-refractivity contribution in [3.8, 4) is 0 Å². The normalized spacial score (nSPS) is 23.9. The Bertz CT molecular complexity index is 943. The van der Waals surface area contributed by atoms with Gasteiger partial charge in [0.2, 0.25) is 0 Å². The number of nitrogens with zero attached hydrogens (tertiary/aromatic N) is 1. The quantitative estimate of drug-likeness (QED) is 0.795. The number of aliphatic hydroxyl groups excluding tert-OH is 1. The second-order valence-corrected chi connectivity index (χ2v) is 9.78. The van der Waals surface area contributed by atoms with Crippen molar-refractivity contribution in [2.75, 3.05) is 6.54 Å². The third kappa shape index (κ3) is 3.02. The van der Waals surface area contributed by atoms with Crippen molar-refractivity contribution in [3.63, 3.8) is 0 Å². The molecule has 0 radical (unpaired) electrons. The molecular weight excluding hydrogens is 358 g/mol. The van der Waals surface area contributed by atoms with Crippen LogP contribution in [0.15, 0.2) is 42.5 Å². The van der Waals surface area contributed by atoms with Crippen LogP contribution in [0.3, 0.4) is 0 Å². The van der Waals surface area contributed by atoms with Gasteiger partial charge in [-0.1, -0.05) is 58.0 Å². The zero-order valence-corrected chi connectivity index (χ0v) is 18.3. The first-order valence-corrected chi connectivity index (χ1v) is 10.9. The standard InChI is InChI=1S/C26H33NO2/c1-6-27(24(29)19-12-11-17-13-14-22(28)20(17)15-19)23-16-18-9-7-8-10-21(18)25(2,3)26(23,4)5/h7-12,15,22-23,28H,6,13-14,16H2,1-5H3/t22?,23-/m1/s1. The topological polar surface area (TPSA) is 40.5 Å². The predicted octanol–water partition coefficient (Wildman–Crippen LogP) is 5.06. The Kier molecular flexibility index (Phi) is 4.85. The number of aryl methyl sites for hydroxylation is 1. The average molecular weight is 392 g/mol. The van der Waals surface area contributed by atoms with E-state index in [1.54, 1.807) is 0 Å². The Labute approximate surface area is 174 Å². The number of carbonyl (C=O) groups excluding carboxylic acids is 1. The maximum absolute atomic E-state index is 13.6. The first-order chi connectivity index (χ1) is 13.7. The molecule has 2 aliphatic carbocycles. The molecule has 2 atom stereocenters. The summed E-state index contributed by atoms with van der Waals surface area (Å²) >= 11 is 0. The molecule has 0 fully saturated rings. The maximum Gasteiger partial charge on any atom is 0.254 e. The summed E-state index contributed by atoms with van der Waals surface area (Å²) in [5.41, 5.74) is 5.41. The van der Waals surface area contributed by atoms with E-state index in [4.69, 9.17) is 0 Å². The highest BCUT2D eigenvalue weighted by molar-refractivity contribution is 5.95. The molecule has 0 saturated carbocycles. The van der Waals surface area contributed by atoms with Crippen molar-refractivity contribution in [2.24, 2.45) is 5.41 Å². The molecule has 3 nitrogen and oxygen atoms in total. The monoisotopic (exact) mass is 391 g/mol. The van der Waals surface area contributed by atoms with Gasteiger partial charge in [-0.3, -0.25) is 4.79 Å². The molecule has 2 aliphatic rings. The highest BCUT2D eigenvalue weighted by Gasteiger charge is 2.51. The lowest BCUT2D eigenvalue weighted by molar-refractivity contribution is 0.0214. The molecule has 4 rings (SSSR count). The van der Waals surface area contributed by atoms with Gasteiger partial charge in [0.05, 0.1) is 6.10 Å². The number of likely N-dealkylation sites (N-methyl/N-ethyl adjacent to an activating group) is 1. The Hall–Kier alpha value is -2.13. The number of rotatable bonds is 3. The van der Waals surface area contributed by atoms with Crippen LogP contribution in [0.5, 0.6) is 0 Å². The fraction of sp³-hybridized carbons (Fsp3) is 0.500. The van der Waals surface area contributed by atoms with E-state index in [1.807, 2.05) is 18.2 Å². The molecule has 2 aromatic carbocycles. The molecule has 0 spiro atoms. The summed E-state index contributed by atoms with van der Waals surface area (Å²) in [5, 5.41) is 10.3. The van der Waals surface area contributed by atoms with E-state index in [0.29, 0.717) is 12.1 Å². The maximum atomic E-state index is 13.6. The molecule has 0 aliphatic heterocycles. The van der Waals surface area contributed by atoms with Crippen molar-refractivity contribution >= 4 is 5.91 Å². The molecular formula is C26H33NO2. The summed E-state index contributed by atoms with van der Waals surface area (Å²) in [4.78, 5) is 15.7. The van der Waals surface area contributed by atoms with Crippen LogP contribution in [0.25, 0.3) is 0 Å². The van der Waals surface area contributed by atoms with E-state index in [-0.39, 0.29) is 22.8 Å². The van der Waals surface area contributed by atoms with E-state index in [2.05, 4.69) is 63.8 Å². The molecule has 0 bridgehead atoms. The summed E-state index contributed by atoms with van der Waals surface area (Å²) in [6.45, 7) is 12.0. The number of fused-ring (bicyclic) bond motifs is 2. The minimum atomic E-state index is -0.440. The first kappa shape index (κ1) is 20.2. The molecule has 2 aromatic rings. The molecule has 3 heteroatoms. The van der Waals surface area contributed by atoms with Gasteiger partial charge in [-0.05, 0) is 71.4 Å². The van der Waals surface area contributed by atoms with Gasteiger partial charge in [0.25, 0.3) is 5.91 Å². The van der Waals surface area contributed by atoms with Gasteiger partial charge in [0.15, 0.2) is 0 Å². The van der Waals surface area contributed by atoms with E-state index in [0.717, 1.165) is 24.8 Å².